The summed E-state index contributed by atoms with van der Waals surface area (Å²) in [4.78, 5) is 13.5. The molecule has 2 atom stereocenters. The van der Waals surface area contributed by atoms with Gasteiger partial charge in [-0.05, 0) is 74.7 Å². The monoisotopic (exact) mass is 542 g/mol. The summed E-state index contributed by atoms with van der Waals surface area (Å²) in [6.07, 6.45) is 4.34. The van der Waals surface area contributed by atoms with Crippen molar-refractivity contribution in [1.82, 2.24) is 4.90 Å². The molecule has 8 heteroatoms. The minimum Gasteiger partial charge on any atom is -0.492 e. The van der Waals surface area contributed by atoms with Crippen LogP contribution in [0.25, 0.3) is 0 Å². The number of ether oxygens (including phenoxy) is 3. The lowest BCUT2D eigenvalue weighted by molar-refractivity contribution is -0.137. The van der Waals surface area contributed by atoms with Crippen molar-refractivity contribution < 1.29 is 28.5 Å². The Kier molecular flexibility index (Phi) is 7.31. The van der Waals surface area contributed by atoms with Crippen LogP contribution in [0.4, 0.5) is 4.39 Å². The standard InChI is InChI=1S/C32H31FN2O5/c33-26-8-11-28(40-27-9-4-20(14-21(27)17-34)18-35-12-2-1-3-13-35)25-7-10-29(32(25)26)39-23-5-6-24-22(15-31(36)37)19-38-30(24)16-23/h4-6,8-9,11,14,16,22,29H,1-3,7,10,12-13,15,18-19H2,(H,36,37)/t22?,29-/m1/s1. The topological polar surface area (TPSA) is 92.0 Å². The molecule has 2 heterocycles. The molecule has 0 amide bonds. The van der Waals surface area contributed by atoms with Gasteiger partial charge in [-0.1, -0.05) is 18.6 Å². The summed E-state index contributed by atoms with van der Waals surface area (Å²) in [7, 11) is 0. The average Bonchev–Trinajstić information content (AvgIpc) is 3.56. The highest BCUT2D eigenvalue weighted by Crippen LogP contribution is 2.44. The van der Waals surface area contributed by atoms with Gasteiger partial charge >= 0.3 is 5.97 Å². The van der Waals surface area contributed by atoms with Crippen LogP contribution in [0.15, 0.2) is 48.5 Å². The van der Waals surface area contributed by atoms with E-state index in [1.54, 1.807) is 18.2 Å². The summed E-state index contributed by atoms with van der Waals surface area (Å²) in [5, 5.41) is 19.0. The van der Waals surface area contributed by atoms with Gasteiger partial charge in [-0.15, -0.1) is 0 Å². The molecule has 1 fully saturated rings. The van der Waals surface area contributed by atoms with Gasteiger partial charge in [0.25, 0.3) is 0 Å². The minimum atomic E-state index is -0.867. The molecule has 40 heavy (non-hydrogen) atoms. The maximum absolute atomic E-state index is 15.1. The van der Waals surface area contributed by atoms with E-state index in [2.05, 4.69) is 11.0 Å². The number of hydrogen-bond donors (Lipinski definition) is 1. The van der Waals surface area contributed by atoms with Crippen LogP contribution in [0, 0.1) is 17.1 Å². The smallest absolute Gasteiger partial charge is 0.304 e. The Balaban J connectivity index is 1.19. The zero-order chi connectivity index (χ0) is 27.6. The normalized spacial score (nSPS) is 19.8. The van der Waals surface area contributed by atoms with E-state index in [1.165, 1.54) is 25.3 Å². The molecule has 1 aliphatic carbocycles. The molecule has 0 radical (unpaired) electrons. The Hall–Kier alpha value is -4.09. The number of nitriles is 1. The number of hydrogen-bond acceptors (Lipinski definition) is 6. The Labute approximate surface area is 232 Å². The van der Waals surface area contributed by atoms with Crippen molar-refractivity contribution in [2.45, 2.75) is 57.1 Å². The summed E-state index contributed by atoms with van der Waals surface area (Å²) in [6, 6.07) is 16.3. The number of carboxylic acids is 1. The summed E-state index contributed by atoms with van der Waals surface area (Å²) >= 11 is 0. The Morgan fingerprint density at radius 2 is 1.93 bits per heavy atom. The van der Waals surface area contributed by atoms with Gasteiger partial charge in [0.2, 0.25) is 0 Å². The van der Waals surface area contributed by atoms with E-state index in [1.807, 2.05) is 24.3 Å². The quantitative estimate of drug-likeness (QED) is 0.348. The molecule has 6 rings (SSSR count). The molecule has 3 aromatic carbocycles. The highest BCUT2D eigenvalue weighted by atomic mass is 19.1. The molecule has 1 saturated heterocycles. The average molecular weight is 543 g/mol. The van der Waals surface area contributed by atoms with Gasteiger partial charge in [-0.25, -0.2) is 4.39 Å². The zero-order valence-corrected chi connectivity index (χ0v) is 22.2. The number of carboxylic acid groups (broad SMARTS) is 1. The third kappa shape index (κ3) is 5.34. The molecule has 2 aliphatic heterocycles. The van der Waals surface area contributed by atoms with Crippen molar-refractivity contribution >= 4 is 5.97 Å². The molecular formula is C32H31FN2O5. The molecule has 206 valence electrons. The van der Waals surface area contributed by atoms with E-state index in [-0.39, 0.29) is 18.2 Å². The first kappa shape index (κ1) is 26.1. The molecule has 0 bridgehead atoms. The van der Waals surface area contributed by atoms with Gasteiger partial charge in [0, 0.05) is 35.2 Å². The first-order valence-corrected chi connectivity index (χ1v) is 13.9. The van der Waals surface area contributed by atoms with E-state index in [4.69, 9.17) is 19.3 Å². The highest BCUT2D eigenvalue weighted by Gasteiger charge is 2.32. The van der Waals surface area contributed by atoms with Gasteiger partial charge in [0.05, 0.1) is 18.6 Å². The van der Waals surface area contributed by atoms with Crippen LogP contribution in [-0.4, -0.2) is 35.7 Å². The molecule has 3 aromatic rings. The number of benzene rings is 3. The minimum absolute atomic E-state index is 0.00583. The summed E-state index contributed by atoms with van der Waals surface area (Å²) in [6.45, 7) is 3.29. The number of piperidine rings is 1. The van der Waals surface area contributed by atoms with Gasteiger partial charge in [-0.2, -0.15) is 5.26 Å². The van der Waals surface area contributed by atoms with Gasteiger partial charge in [0.1, 0.15) is 41.0 Å². The fraction of sp³-hybridized carbons (Fsp3) is 0.375. The summed E-state index contributed by atoms with van der Waals surface area (Å²) < 4.78 is 33.2. The summed E-state index contributed by atoms with van der Waals surface area (Å²) in [5.74, 6) is 0.699. The second-order valence-corrected chi connectivity index (χ2v) is 10.8. The molecule has 1 unspecified atom stereocenters. The number of rotatable bonds is 8. The van der Waals surface area contributed by atoms with E-state index in [0.717, 1.165) is 36.3 Å². The lowest BCUT2D eigenvalue weighted by atomic mass is 9.98. The number of likely N-dealkylation sites (tertiary alicyclic amines) is 1. The van der Waals surface area contributed by atoms with Crippen molar-refractivity contribution in [2.24, 2.45) is 0 Å². The van der Waals surface area contributed by atoms with E-state index < -0.39 is 12.1 Å². The van der Waals surface area contributed by atoms with Crippen LogP contribution in [0.2, 0.25) is 0 Å². The van der Waals surface area contributed by atoms with E-state index >= 15 is 4.39 Å². The molecule has 1 N–H and O–H groups in total. The predicted octanol–water partition coefficient (Wildman–Crippen LogP) is 6.49. The van der Waals surface area contributed by atoms with Crippen molar-refractivity contribution in [3.63, 3.8) is 0 Å². The maximum atomic E-state index is 15.1. The third-order valence-corrected chi connectivity index (χ3v) is 8.04. The highest BCUT2D eigenvalue weighted by molar-refractivity contribution is 5.69. The van der Waals surface area contributed by atoms with Crippen molar-refractivity contribution in [3.8, 4) is 29.1 Å². The zero-order valence-electron chi connectivity index (χ0n) is 22.2. The molecule has 0 saturated carbocycles. The molecule has 7 nitrogen and oxygen atoms in total. The number of fused-ring (bicyclic) bond motifs is 2. The second-order valence-electron chi connectivity index (χ2n) is 10.8. The Bertz CT molecular complexity index is 1480. The van der Waals surface area contributed by atoms with Crippen LogP contribution >= 0.6 is 0 Å². The Morgan fingerprint density at radius 1 is 1.10 bits per heavy atom. The first-order chi connectivity index (χ1) is 19.5. The second kappa shape index (κ2) is 11.2. The summed E-state index contributed by atoms with van der Waals surface area (Å²) in [5.41, 5.74) is 3.58. The molecule has 3 aliphatic rings. The van der Waals surface area contributed by atoms with Crippen molar-refractivity contribution in [2.75, 3.05) is 19.7 Å². The predicted molar refractivity (Wildman–Crippen MR) is 145 cm³/mol. The number of carbonyl (C=O) groups is 1. The number of halogens is 1. The molecule has 0 spiro atoms. The fourth-order valence-electron chi connectivity index (χ4n) is 6.08. The van der Waals surface area contributed by atoms with Crippen molar-refractivity contribution in [3.05, 3.63) is 82.2 Å². The van der Waals surface area contributed by atoms with Crippen LogP contribution in [0.5, 0.6) is 23.0 Å². The van der Waals surface area contributed by atoms with Gasteiger partial charge in [0.15, 0.2) is 0 Å². The first-order valence-electron chi connectivity index (χ1n) is 13.9. The van der Waals surface area contributed by atoms with E-state index in [9.17, 15) is 10.1 Å². The van der Waals surface area contributed by atoms with Crippen LogP contribution in [0.1, 0.15) is 71.9 Å². The third-order valence-electron chi connectivity index (χ3n) is 8.04. The van der Waals surface area contributed by atoms with Gasteiger partial charge < -0.3 is 19.3 Å². The molecular weight excluding hydrogens is 511 g/mol. The van der Waals surface area contributed by atoms with Crippen LogP contribution in [0.3, 0.4) is 0 Å². The van der Waals surface area contributed by atoms with Crippen LogP contribution in [-0.2, 0) is 17.8 Å². The lowest BCUT2D eigenvalue weighted by Crippen LogP contribution is -2.29. The number of aliphatic carboxylic acids is 1. The lowest BCUT2D eigenvalue weighted by Gasteiger charge is -2.26. The van der Waals surface area contributed by atoms with Crippen molar-refractivity contribution in [1.29, 1.82) is 5.26 Å². The Morgan fingerprint density at radius 3 is 2.73 bits per heavy atom. The SMILES string of the molecule is N#Cc1cc(CN2CCCCC2)ccc1Oc1ccc(F)c2c1CC[C@H]2Oc1ccc2c(c1)OCC2CC(=O)O. The van der Waals surface area contributed by atoms with Gasteiger partial charge in [-0.3, -0.25) is 9.69 Å². The molecule has 0 aromatic heterocycles. The van der Waals surface area contributed by atoms with E-state index in [0.29, 0.717) is 53.6 Å². The maximum Gasteiger partial charge on any atom is 0.304 e. The van der Waals surface area contributed by atoms with Crippen LogP contribution < -0.4 is 14.2 Å². The fourth-order valence-corrected chi connectivity index (χ4v) is 6.08. The number of nitrogens with zero attached hydrogens (tertiary/aromatic N) is 2. The largest absolute Gasteiger partial charge is 0.492 e.